The molecule has 0 bridgehead atoms. The first kappa shape index (κ1) is 55.6. The molecule has 2 aliphatic rings. The van der Waals surface area contributed by atoms with Crippen LogP contribution in [-0.2, 0) is 20.0 Å². The first-order valence-electron chi connectivity index (χ1n) is 26.7. The van der Waals surface area contributed by atoms with Crippen molar-refractivity contribution in [2.75, 3.05) is 0 Å². The van der Waals surface area contributed by atoms with Crippen LogP contribution >= 0.6 is 15.3 Å². The molecule has 21 heteroatoms. The van der Waals surface area contributed by atoms with Crippen LogP contribution in [0.25, 0.3) is 110 Å². The second-order valence-corrected chi connectivity index (χ2v) is 28.1. The van der Waals surface area contributed by atoms with Crippen molar-refractivity contribution in [1.82, 2.24) is 4.86 Å². The summed E-state index contributed by atoms with van der Waals surface area (Å²) in [6, 6.07) is 67.8. The number of halogens is 6. The van der Waals surface area contributed by atoms with E-state index in [9.17, 15) is 16.8 Å². The van der Waals surface area contributed by atoms with E-state index in [1.807, 2.05) is 0 Å². The average molecular weight is 1240 g/mol. The number of hydrogen-bond donors (Lipinski definition) is 1. The monoisotopic (exact) mass is 1240 g/mol. The maximum Gasteiger partial charge on any atom is 0.518 e. The van der Waals surface area contributed by atoms with E-state index >= 15 is 26.3 Å². The largest absolute Gasteiger partial charge is 0.518 e. The van der Waals surface area contributed by atoms with Crippen molar-refractivity contribution in [1.29, 1.82) is 0 Å². The van der Waals surface area contributed by atoms with Crippen LogP contribution in [0.1, 0.15) is 0 Å². The van der Waals surface area contributed by atoms with Gasteiger partial charge in [-0.05, 0) is 89.6 Å². The van der Waals surface area contributed by atoms with Gasteiger partial charge in [0, 0.05) is 44.5 Å². The van der Waals surface area contributed by atoms with Gasteiger partial charge < -0.3 is 18.1 Å². The van der Waals surface area contributed by atoms with E-state index in [2.05, 4.69) is 13.2 Å². The number of sulfonamides is 2. The molecule has 12 aromatic carbocycles. The molecule has 0 radical (unpaired) electrons. The first-order chi connectivity index (χ1) is 41.8. The van der Waals surface area contributed by atoms with Crippen molar-refractivity contribution in [3.8, 4) is 89.8 Å². The predicted octanol–water partition coefficient (Wildman–Crippen LogP) is 19.7. The number of rotatable bonds is 8. The van der Waals surface area contributed by atoms with Crippen LogP contribution in [0.15, 0.2) is 251 Å². The van der Waals surface area contributed by atoms with Gasteiger partial charge in [-0.25, -0.2) is 0 Å². The van der Waals surface area contributed by atoms with Crippen LogP contribution in [0.2, 0.25) is 0 Å². The van der Waals surface area contributed by atoms with E-state index in [0.717, 1.165) is 0 Å². The van der Waals surface area contributed by atoms with Gasteiger partial charge in [-0.3, -0.25) is 0 Å². The quantitative estimate of drug-likeness (QED) is 0.116. The molecule has 0 amide bonds. The third-order valence-corrected chi connectivity index (χ3v) is 23.3. The van der Waals surface area contributed by atoms with Crippen LogP contribution in [0.3, 0.4) is 0 Å². The Morgan fingerprint density at radius 1 is 0.310 bits per heavy atom. The van der Waals surface area contributed by atoms with E-state index < -0.39 is 46.4 Å². The summed E-state index contributed by atoms with van der Waals surface area (Å²) in [5, 5.41) is 3.78. The lowest BCUT2D eigenvalue weighted by Crippen LogP contribution is -2.28. The Morgan fingerprint density at radius 2 is 0.517 bits per heavy atom. The summed E-state index contributed by atoms with van der Waals surface area (Å²) >= 11 is 0. The summed E-state index contributed by atoms with van der Waals surface area (Å²) < 4.78 is 188. The number of hydrogen-bond acceptors (Lipinski definition) is 8. The number of fused-ring (bicyclic) bond motifs is 14. The zero-order valence-electron chi connectivity index (χ0n) is 44.7. The molecule has 0 saturated heterocycles. The van der Waals surface area contributed by atoms with Crippen LogP contribution in [-0.4, -0.2) is 27.9 Å². The summed E-state index contributed by atoms with van der Waals surface area (Å²) in [5.41, 5.74) is -10.2. The molecule has 1 N–H and O–H groups in total. The molecule has 0 spiro atoms. The van der Waals surface area contributed by atoms with Gasteiger partial charge in [0.1, 0.15) is 23.0 Å². The summed E-state index contributed by atoms with van der Waals surface area (Å²) in [4.78, 5) is 2.53. The molecular formula is C66H41F6N3O8P2S2. The average Bonchev–Trinajstić information content (AvgIpc) is 1.69. The molecule has 14 rings (SSSR count). The summed E-state index contributed by atoms with van der Waals surface area (Å²) in [6.07, 6.45) is 0. The van der Waals surface area contributed by atoms with Crippen molar-refractivity contribution in [3.63, 3.8) is 0 Å². The minimum atomic E-state index is -7.00. The van der Waals surface area contributed by atoms with E-state index in [4.69, 9.17) is 18.1 Å². The van der Waals surface area contributed by atoms with Crippen molar-refractivity contribution < 1.29 is 61.3 Å². The highest BCUT2D eigenvalue weighted by atomic mass is 32.2. The van der Waals surface area contributed by atoms with Gasteiger partial charge in [-0.2, -0.15) is 43.2 Å². The second kappa shape index (κ2) is 20.7. The fourth-order valence-electron chi connectivity index (χ4n) is 11.3. The molecule has 87 heavy (non-hydrogen) atoms. The Hall–Kier alpha value is -9.22. The van der Waals surface area contributed by atoms with Gasteiger partial charge in [-0.1, -0.05) is 227 Å². The standard InChI is InChI=1S/C66H41F6N3O8P2S2/c67-65(68,69)86(76,77)74-84(80-61-53(41-21-5-1-6-22-41)37-45-29-13-17-33-49(45)57(61)58-50-34-18-14-30-46(50)38-54(62(58)81-84)42-23-7-2-8-24-42)73-85(75-87(78,79)66(70,71)72)82-63-55(43-25-9-3-10-26-43)39-47-31-15-19-35-51(47)59(63)60-52-36-20-16-32-48(52)40-56(64(60)83-85)44-27-11-4-12-28-44/h1-40,73H. The van der Waals surface area contributed by atoms with E-state index in [-0.39, 0.29) is 67.5 Å². The molecule has 0 aliphatic carbocycles. The topological polar surface area (TPSA) is 142 Å². The summed E-state index contributed by atoms with van der Waals surface area (Å²) in [6.45, 7) is 0. The third kappa shape index (κ3) is 9.66. The van der Waals surface area contributed by atoms with Crippen LogP contribution < -0.4 is 23.0 Å². The molecular weight excluding hydrogens is 1200 g/mol. The molecule has 2 aliphatic heterocycles. The normalized spacial score (nSPS) is 14.4. The van der Waals surface area contributed by atoms with Gasteiger partial charge in [0.05, 0.1) is 0 Å². The lowest BCUT2D eigenvalue weighted by atomic mass is 9.86. The van der Waals surface area contributed by atoms with E-state index in [1.165, 1.54) is 0 Å². The van der Waals surface area contributed by atoms with Gasteiger partial charge in [-0.15, -0.1) is 4.86 Å². The van der Waals surface area contributed by atoms with Crippen molar-refractivity contribution in [3.05, 3.63) is 243 Å². The Kier molecular flexibility index (Phi) is 13.3. The van der Waals surface area contributed by atoms with Crippen molar-refractivity contribution >= 4 is 78.5 Å². The van der Waals surface area contributed by atoms with Crippen LogP contribution in [0.5, 0.6) is 23.0 Å². The Balaban J connectivity index is 1.21. The highest BCUT2D eigenvalue weighted by Gasteiger charge is 2.56. The zero-order valence-corrected chi connectivity index (χ0v) is 48.2. The molecule has 0 saturated carbocycles. The molecule has 0 aromatic heterocycles. The fourth-order valence-corrected chi connectivity index (χ4v) is 19.5. The number of benzene rings is 12. The van der Waals surface area contributed by atoms with Crippen molar-refractivity contribution in [2.24, 2.45) is 8.30 Å². The molecule has 0 atom stereocenters. The summed E-state index contributed by atoms with van der Waals surface area (Å²) in [7, 11) is -26.4. The molecule has 432 valence electrons. The van der Waals surface area contributed by atoms with Crippen LogP contribution in [0.4, 0.5) is 26.3 Å². The van der Waals surface area contributed by atoms with E-state index in [0.29, 0.717) is 65.3 Å². The molecule has 12 aromatic rings. The summed E-state index contributed by atoms with van der Waals surface area (Å²) in [5.74, 6) is -1.52. The van der Waals surface area contributed by atoms with Gasteiger partial charge in [0.2, 0.25) is 0 Å². The lowest BCUT2D eigenvalue weighted by molar-refractivity contribution is -0.0440. The number of nitrogens with zero attached hydrogens (tertiary/aromatic N) is 2. The molecule has 0 fully saturated rings. The van der Waals surface area contributed by atoms with Gasteiger partial charge in [0.15, 0.2) is 0 Å². The second-order valence-electron chi connectivity index (χ2n) is 20.4. The predicted molar refractivity (Wildman–Crippen MR) is 330 cm³/mol. The third-order valence-electron chi connectivity index (χ3n) is 15.0. The Bertz CT molecular complexity index is 4590. The Morgan fingerprint density at radius 3 is 0.736 bits per heavy atom. The molecule has 2 heterocycles. The zero-order chi connectivity index (χ0) is 60.1. The van der Waals surface area contributed by atoms with Gasteiger partial charge >= 0.3 is 46.4 Å². The molecule has 11 nitrogen and oxygen atoms in total. The molecule has 0 unspecified atom stereocenters. The first-order valence-corrected chi connectivity index (χ1v) is 32.8. The lowest BCUT2D eigenvalue weighted by Gasteiger charge is -2.32. The minimum Gasteiger partial charge on any atom is -0.417 e. The number of nitrogens with one attached hydrogen (secondary N) is 1. The minimum absolute atomic E-state index is 0.113. The fraction of sp³-hybridized carbons (Fsp3) is 0.0303. The maximum atomic E-state index is 15.8. The Labute approximate surface area is 493 Å². The van der Waals surface area contributed by atoms with E-state index in [1.54, 1.807) is 243 Å². The maximum absolute atomic E-state index is 15.8. The van der Waals surface area contributed by atoms with Gasteiger partial charge in [0.25, 0.3) is 0 Å². The SMILES string of the molecule is O=S(=O)(N=P1(NP2(=NS(=O)(=O)C(F)(F)F)Oc3c(-c4ccccc4)cc4ccccc4c3-c3c(c(-c4ccccc4)cc4ccccc34)O2)Oc2c(-c3ccccc3)cc3ccccc3c2-c2c(c(-c3ccccc3)cc3ccccc23)O1)C(F)(F)F. The highest BCUT2D eigenvalue weighted by Crippen LogP contribution is 2.71. The van der Waals surface area contributed by atoms with Crippen molar-refractivity contribution in [2.45, 2.75) is 11.0 Å². The van der Waals surface area contributed by atoms with Crippen LogP contribution in [0, 0.1) is 0 Å². The smallest absolute Gasteiger partial charge is 0.417 e. The number of alkyl halides is 6. The highest BCUT2D eigenvalue weighted by molar-refractivity contribution is 7.96.